The van der Waals surface area contributed by atoms with Gasteiger partial charge in [0.25, 0.3) is 0 Å². The Morgan fingerprint density at radius 3 is 2.03 bits per heavy atom. The van der Waals surface area contributed by atoms with Crippen molar-refractivity contribution >= 4 is 16.7 Å². The van der Waals surface area contributed by atoms with E-state index in [0.717, 1.165) is 47.3 Å². The minimum absolute atomic E-state index is 0.131. The van der Waals surface area contributed by atoms with Crippen molar-refractivity contribution in [1.82, 2.24) is 0 Å². The first kappa shape index (κ1) is 26.6. The van der Waals surface area contributed by atoms with Crippen LogP contribution in [-0.2, 0) is 9.53 Å². The second-order valence-corrected chi connectivity index (χ2v) is 13.5. The Morgan fingerprint density at radius 1 is 0.692 bits per heavy atom. The number of ether oxygens (including phenoxy) is 1. The van der Waals surface area contributed by atoms with Gasteiger partial charge in [-0.25, -0.2) is 0 Å². The fourth-order valence-electron chi connectivity index (χ4n) is 9.61. The number of carbonyl (C=O) groups is 1. The largest absolute Gasteiger partial charge is 0.466 e. The van der Waals surface area contributed by atoms with Crippen molar-refractivity contribution in [2.24, 2.45) is 53.3 Å². The maximum absolute atomic E-state index is 10.7. The Morgan fingerprint density at radius 2 is 1.33 bits per heavy atom. The molecule has 4 aliphatic carbocycles. The number of hydrogen-bond acceptors (Lipinski definition) is 2. The predicted molar refractivity (Wildman–Crippen MR) is 160 cm³/mol. The van der Waals surface area contributed by atoms with Crippen molar-refractivity contribution in [2.75, 3.05) is 6.61 Å². The average molecular weight is 523 g/mol. The molecule has 11 unspecified atom stereocenters. The monoisotopic (exact) mass is 522 g/mol. The van der Waals surface area contributed by atoms with Crippen molar-refractivity contribution in [3.63, 3.8) is 0 Å². The van der Waals surface area contributed by atoms with Crippen LogP contribution < -0.4 is 0 Å². The first-order chi connectivity index (χ1) is 18.8. The number of carbonyl (C=O) groups excluding carboxylic acids is 1. The molecular formula is C37H46O2. The summed E-state index contributed by atoms with van der Waals surface area (Å²) >= 11 is 0. The molecule has 4 bridgehead atoms. The molecule has 4 aliphatic rings. The molecule has 2 nitrogen and oxygen atoms in total. The third kappa shape index (κ3) is 4.72. The third-order valence-electron chi connectivity index (χ3n) is 11.9. The van der Waals surface area contributed by atoms with Gasteiger partial charge >= 0.3 is 5.97 Å². The van der Waals surface area contributed by atoms with E-state index in [-0.39, 0.29) is 5.97 Å². The van der Waals surface area contributed by atoms with Gasteiger partial charge in [-0.2, -0.15) is 0 Å². The van der Waals surface area contributed by atoms with E-state index in [2.05, 4.69) is 100 Å². The van der Waals surface area contributed by atoms with Crippen LogP contribution in [0, 0.1) is 53.3 Å². The van der Waals surface area contributed by atoms with Crippen molar-refractivity contribution in [1.29, 1.82) is 0 Å². The summed E-state index contributed by atoms with van der Waals surface area (Å²) in [6.45, 7) is 11.9. The maximum Gasteiger partial charge on any atom is 0.302 e. The Balaban J connectivity index is 0.000000168. The molecule has 0 amide bonds. The minimum atomic E-state index is -0.131. The predicted octanol–water partition coefficient (Wildman–Crippen LogP) is 9.11. The van der Waals surface area contributed by atoms with Gasteiger partial charge < -0.3 is 4.74 Å². The summed E-state index contributed by atoms with van der Waals surface area (Å²) in [5, 5.41) is 2.85. The Hall–Kier alpha value is -2.61. The lowest BCUT2D eigenvalue weighted by atomic mass is 9.64. The minimum Gasteiger partial charge on any atom is -0.466 e. The van der Waals surface area contributed by atoms with Crippen molar-refractivity contribution in [3.05, 3.63) is 83.9 Å². The highest BCUT2D eigenvalue weighted by Gasteiger charge is 2.55. The summed E-state index contributed by atoms with van der Waals surface area (Å²) in [5.41, 5.74) is 3.13. The van der Waals surface area contributed by atoms with Crippen molar-refractivity contribution in [3.8, 4) is 0 Å². The SMILES string of the molecule is CC(=O)OCC1CC2CC1C(C)C2C.CC1C(C)C2CC1C(c1ccccc1)C2c1cccc2ccccc12. The number of rotatable bonds is 4. The standard InChI is InChI=1S/C25H26.C12H20O2/c1-16-17(2)23-15-22(16)24(19-10-4-3-5-11-19)25(23)21-14-8-12-18-9-6-7-13-20(18)21;1-7-8(2)12-5-10(7)4-11(12)6-14-9(3)13/h3-14,16-17,22-25H,15H2,1-2H3;7-8,10-12H,4-6H2,1-3H3. The second kappa shape index (κ2) is 10.8. The number of benzene rings is 3. The van der Waals surface area contributed by atoms with E-state index in [1.807, 2.05) is 0 Å². The van der Waals surface area contributed by atoms with Crippen LogP contribution in [-0.4, -0.2) is 12.6 Å². The van der Waals surface area contributed by atoms with E-state index in [9.17, 15) is 4.79 Å². The van der Waals surface area contributed by atoms with Crippen LogP contribution in [0.5, 0.6) is 0 Å². The molecule has 3 aromatic carbocycles. The van der Waals surface area contributed by atoms with Gasteiger partial charge in [-0.15, -0.1) is 0 Å². The smallest absolute Gasteiger partial charge is 0.302 e. The van der Waals surface area contributed by atoms with Gasteiger partial charge in [0.15, 0.2) is 0 Å². The van der Waals surface area contributed by atoms with Crippen LogP contribution in [0.1, 0.15) is 76.8 Å². The van der Waals surface area contributed by atoms with Crippen LogP contribution in [0.25, 0.3) is 10.8 Å². The zero-order valence-corrected chi connectivity index (χ0v) is 24.4. The number of hydrogen-bond donors (Lipinski definition) is 0. The van der Waals surface area contributed by atoms with Crippen molar-refractivity contribution in [2.45, 2.75) is 65.7 Å². The molecule has 39 heavy (non-hydrogen) atoms. The summed E-state index contributed by atoms with van der Waals surface area (Å²) in [5.74, 6) is 8.57. The van der Waals surface area contributed by atoms with Crippen molar-refractivity contribution < 1.29 is 9.53 Å². The van der Waals surface area contributed by atoms with Crippen LogP contribution >= 0.6 is 0 Å². The maximum atomic E-state index is 10.7. The Bertz CT molecular complexity index is 1290. The van der Waals surface area contributed by atoms with E-state index in [1.165, 1.54) is 37.0 Å². The lowest BCUT2D eigenvalue weighted by molar-refractivity contribution is -0.143. The molecule has 4 saturated carbocycles. The normalized spacial score (nSPS) is 38.0. The summed E-state index contributed by atoms with van der Waals surface area (Å²) in [7, 11) is 0. The van der Waals surface area contributed by atoms with Gasteiger partial charge in [0.1, 0.15) is 0 Å². The molecular weight excluding hydrogens is 476 g/mol. The lowest BCUT2D eigenvalue weighted by Crippen LogP contribution is -2.30. The molecule has 0 N–H and O–H groups in total. The summed E-state index contributed by atoms with van der Waals surface area (Å²) < 4.78 is 5.12. The molecule has 0 radical (unpaired) electrons. The molecule has 0 saturated heterocycles. The summed E-state index contributed by atoms with van der Waals surface area (Å²) in [6, 6.07) is 27.2. The first-order valence-corrected chi connectivity index (χ1v) is 15.5. The van der Waals surface area contributed by atoms with Gasteiger partial charge in [-0.3, -0.25) is 4.79 Å². The fourth-order valence-corrected chi connectivity index (χ4v) is 9.61. The van der Waals surface area contributed by atoms with E-state index < -0.39 is 0 Å². The molecule has 0 aromatic heterocycles. The quantitative estimate of drug-likeness (QED) is 0.319. The van der Waals surface area contributed by atoms with Crippen LogP contribution in [0.2, 0.25) is 0 Å². The van der Waals surface area contributed by atoms with Gasteiger partial charge in [-0.1, -0.05) is 100 Å². The Kier molecular flexibility index (Phi) is 7.34. The lowest BCUT2D eigenvalue weighted by Gasteiger charge is -2.39. The molecule has 0 spiro atoms. The second-order valence-electron chi connectivity index (χ2n) is 13.5. The topological polar surface area (TPSA) is 26.3 Å². The van der Waals surface area contributed by atoms with E-state index in [0.29, 0.717) is 24.4 Å². The van der Waals surface area contributed by atoms with Crippen LogP contribution in [0.15, 0.2) is 72.8 Å². The first-order valence-electron chi connectivity index (χ1n) is 15.5. The third-order valence-corrected chi connectivity index (χ3v) is 11.9. The average Bonchev–Trinajstić information content (AvgIpc) is 3.69. The number of esters is 1. The summed E-state index contributed by atoms with van der Waals surface area (Å²) in [6.07, 6.45) is 4.05. The summed E-state index contributed by atoms with van der Waals surface area (Å²) in [4.78, 5) is 10.7. The van der Waals surface area contributed by atoms with Crippen LogP contribution in [0.3, 0.4) is 0 Å². The van der Waals surface area contributed by atoms with Gasteiger partial charge in [-0.05, 0) is 106 Å². The highest BCUT2D eigenvalue weighted by Crippen LogP contribution is 2.65. The van der Waals surface area contributed by atoms with Gasteiger partial charge in [0.05, 0.1) is 6.61 Å². The number of fused-ring (bicyclic) bond motifs is 5. The Labute approximate surface area is 235 Å². The molecule has 11 atom stereocenters. The molecule has 7 rings (SSSR count). The van der Waals surface area contributed by atoms with E-state index in [4.69, 9.17) is 4.74 Å². The molecule has 4 fully saturated rings. The van der Waals surface area contributed by atoms with E-state index in [1.54, 1.807) is 11.1 Å². The molecule has 206 valence electrons. The molecule has 0 heterocycles. The molecule has 3 aromatic rings. The highest BCUT2D eigenvalue weighted by molar-refractivity contribution is 5.86. The van der Waals surface area contributed by atoms with Crippen LogP contribution in [0.4, 0.5) is 0 Å². The molecule has 0 aliphatic heterocycles. The highest BCUT2D eigenvalue weighted by atomic mass is 16.5. The molecule has 2 heteroatoms. The van der Waals surface area contributed by atoms with E-state index >= 15 is 0 Å². The van der Waals surface area contributed by atoms with Gasteiger partial charge in [0, 0.05) is 6.92 Å². The zero-order valence-electron chi connectivity index (χ0n) is 24.4. The van der Waals surface area contributed by atoms with Gasteiger partial charge in [0.2, 0.25) is 0 Å². The fraction of sp³-hybridized carbons (Fsp3) is 0.541. The zero-order chi connectivity index (χ0) is 27.3.